The van der Waals surface area contributed by atoms with Gasteiger partial charge in [0, 0.05) is 43.5 Å². The van der Waals surface area contributed by atoms with Crippen molar-refractivity contribution in [2.45, 2.75) is 102 Å². The molecule has 0 spiro atoms. The average molecular weight is 403 g/mol. The van der Waals surface area contributed by atoms with Crippen LogP contribution in [0.1, 0.15) is 92.9 Å². The number of nitrogens with one attached hydrogen (secondary N) is 1. The smallest absolute Gasteiger partial charge is 0.274 e. The molecule has 1 saturated heterocycles. The van der Waals surface area contributed by atoms with Crippen molar-refractivity contribution in [3.8, 4) is 0 Å². The van der Waals surface area contributed by atoms with Gasteiger partial charge in [-0.15, -0.1) is 0 Å². The molecular formula is C23H38N4O2. The summed E-state index contributed by atoms with van der Waals surface area (Å²) in [5.41, 5.74) is 2.57. The highest BCUT2D eigenvalue weighted by Gasteiger charge is 2.34. The van der Waals surface area contributed by atoms with Gasteiger partial charge in [-0.1, -0.05) is 26.2 Å². The van der Waals surface area contributed by atoms with E-state index in [0.717, 1.165) is 89.4 Å². The van der Waals surface area contributed by atoms with Gasteiger partial charge in [0.05, 0.1) is 5.60 Å². The van der Waals surface area contributed by atoms with Crippen LogP contribution in [0.2, 0.25) is 0 Å². The lowest BCUT2D eigenvalue weighted by Gasteiger charge is -2.35. The summed E-state index contributed by atoms with van der Waals surface area (Å²) in [6, 6.07) is 0.320. The van der Waals surface area contributed by atoms with Crippen LogP contribution in [0, 0.1) is 0 Å². The second-order valence-electron chi connectivity index (χ2n) is 9.46. The van der Waals surface area contributed by atoms with Gasteiger partial charge < -0.3 is 15.3 Å². The summed E-state index contributed by atoms with van der Waals surface area (Å²) >= 11 is 0. The monoisotopic (exact) mass is 402 g/mol. The van der Waals surface area contributed by atoms with E-state index in [1.54, 1.807) is 0 Å². The predicted molar refractivity (Wildman–Crippen MR) is 114 cm³/mol. The van der Waals surface area contributed by atoms with Gasteiger partial charge in [0.15, 0.2) is 5.69 Å². The number of aromatic nitrogens is 2. The maximum atomic E-state index is 13.2. The fraction of sp³-hybridized carbons (Fsp3) is 0.826. The first-order chi connectivity index (χ1) is 14.1. The van der Waals surface area contributed by atoms with Crippen molar-refractivity contribution < 1.29 is 9.90 Å². The minimum atomic E-state index is -0.544. The van der Waals surface area contributed by atoms with Crippen LogP contribution in [0.3, 0.4) is 0 Å². The zero-order chi connectivity index (χ0) is 20.3. The Balaban J connectivity index is 1.48. The molecule has 0 bridgehead atoms. The van der Waals surface area contributed by atoms with Crippen LogP contribution in [0.25, 0.3) is 0 Å². The third kappa shape index (κ3) is 4.69. The largest absolute Gasteiger partial charge is 0.389 e. The highest BCUT2D eigenvalue weighted by molar-refractivity contribution is 5.94. The van der Waals surface area contributed by atoms with E-state index in [4.69, 9.17) is 5.10 Å². The van der Waals surface area contributed by atoms with Gasteiger partial charge in [0.1, 0.15) is 0 Å². The van der Waals surface area contributed by atoms with Gasteiger partial charge in [-0.2, -0.15) is 5.10 Å². The molecule has 1 amide bonds. The number of amides is 1. The van der Waals surface area contributed by atoms with Gasteiger partial charge in [-0.3, -0.25) is 9.48 Å². The first kappa shape index (κ1) is 20.9. The molecule has 1 aliphatic heterocycles. The van der Waals surface area contributed by atoms with Gasteiger partial charge in [-0.25, -0.2) is 0 Å². The van der Waals surface area contributed by atoms with Crippen LogP contribution in [-0.2, 0) is 19.4 Å². The molecule has 6 nitrogen and oxygen atoms in total. The standard InChI is InChI=1S/C23H38N4O2/c1-2-13-27-20-10-9-18(24-17-23(29)11-5-3-6-12-23)16-19(20)21(25-27)22(28)26-14-7-4-8-15-26/h18,24,29H,2-17H2,1H3/t18-/m0/s1. The topological polar surface area (TPSA) is 70.4 Å². The Morgan fingerprint density at radius 2 is 1.90 bits per heavy atom. The molecule has 0 aromatic carbocycles. The maximum absolute atomic E-state index is 13.2. The summed E-state index contributed by atoms with van der Waals surface area (Å²) in [4.78, 5) is 15.2. The highest BCUT2D eigenvalue weighted by Crippen LogP contribution is 2.30. The van der Waals surface area contributed by atoms with Crippen LogP contribution in [-0.4, -0.2) is 57.0 Å². The lowest BCUT2D eigenvalue weighted by molar-refractivity contribution is 0.00227. The Labute approximate surface area is 175 Å². The van der Waals surface area contributed by atoms with E-state index in [1.165, 1.54) is 18.5 Å². The number of aryl methyl sites for hydroxylation is 1. The van der Waals surface area contributed by atoms with Gasteiger partial charge in [0.25, 0.3) is 5.91 Å². The van der Waals surface area contributed by atoms with Crippen LogP contribution < -0.4 is 5.32 Å². The minimum Gasteiger partial charge on any atom is -0.389 e. The number of piperidine rings is 1. The molecule has 2 aliphatic carbocycles. The van der Waals surface area contributed by atoms with Crippen molar-refractivity contribution in [3.63, 3.8) is 0 Å². The molecule has 29 heavy (non-hydrogen) atoms. The molecule has 1 aromatic rings. The predicted octanol–water partition coefficient (Wildman–Crippen LogP) is 3.06. The highest BCUT2D eigenvalue weighted by atomic mass is 16.3. The molecule has 0 unspecified atom stereocenters. The molecule has 1 saturated carbocycles. The summed E-state index contributed by atoms with van der Waals surface area (Å²) in [5.74, 6) is 0.127. The van der Waals surface area contributed by atoms with E-state index < -0.39 is 5.60 Å². The molecule has 3 aliphatic rings. The summed E-state index contributed by atoms with van der Waals surface area (Å²) < 4.78 is 2.09. The second-order valence-corrected chi connectivity index (χ2v) is 9.46. The van der Waals surface area contributed by atoms with Crippen LogP contribution in [0.5, 0.6) is 0 Å². The fourth-order valence-corrected chi connectivity index (χ4v) is 5.40. The lowest BCUT2D eigenvalue weighted by Crippen LogP contribution is -2.47. The molecular weight excluding hydrogens is 364 g/mol. The second kappa shape index (κ2) is 9.17. The number of carbonyl (C=O) groups is 1. The SMILES string of the molecule is CCCn1nc(C(=O)N2CCCCC2)c2c1CC[C@H](NCC1(O)CCCCC1)C2. The van der Waals surface area contributed by atoms with Gasteiger partial charge in [-0.05, 0) is 57.8 Å². The van der Waals surface area contributed by atoms with Crippen molar-refractivity contribution in [2.75, 3.05) is 19.6 Å². The van der Waals surface area contributed by atoms with Crippen molar-refractivity contribution in [2.24, 2.45) is 0 Å². The normalized spacial score (nSPS) is 24.3. The van der Waals surface area contributed by atoms with E-state index >= 15 is 0 Å². The third-order valence-electron chi connectivity index (χ3n) is 7.13. The zero-order valence-corrected chi connectivity index (χ0v) is 18.1. The number of likely N-dealkylation sites (tertiary alicyclic amines) is 1. The number of carbonyl (C=O) groups excluding carboxylic acids is 1. The van der Waals surface area contributed by atoms with Gasteiger partial charge >= 0.3 is 0 Å². The fourth-order valence-electron chi connectivity index (χ4n) is 5.40. The van der Waals surface area contributed by atoms with E-state index in [1.807, 2.05) is 4.90 Å². The number of fused-ring (bicyclic) bond motifs is 1. The molecule has 4 rings (SSSR count). The summed E-state index contributed by atoms with van der Waals surface area (Å²) in [7, 11) is 0. The molecule has 1 atom stereocenters. The van der Waals surface area contributed by atoms with Crippen molar-refractivity contribution in [1.29, 1.82) is 0 Å². The summed E-state index contributed by atoms with van der Waals surface area (Å²) in [6.45, 7) is 5.45. The number of nitrogens with zero attached hydrogens (tertiary/aromatic N) is 3. The minimum absolute atomic E-state index is 0.127. The average Bonchev–Trinajstić information content (AvgIpc) is 3.11. The van der Waals surface area contributed by atoms with Crippen LogP contribution in [0.15, 0.2) is 0 Å². The number of rotatable bonds is 6. The Morgan fingerprint density at radius 1 is 1.17 bits per heavy atom. The zero-order valence-electron chi connectivity index (χ0n) is 18.1. The first-order valence-corrected chi connectivity index (χ1v) is 11.9. The first-order valence-electron chi connectivity index (χ1n) is 11.9. The van der Waals surface area contributed by atoms with E-state index in [2.05, 4.69) is 16.9 Å². The molecule has 1 aromatic heterocycles. The number of hydrogen-bond acceptors (Lipinski definition) is 4. The van der Waals surface area contributed by atoms with Crippen molar-refractivity contribution in [3.05, 3.63) is 17.0 Å². The Hall–Kier alpha value is -1.40. The molecule has 2 N–H and O–H groups in total. The van der Waals surface area contributed by atoms with Crippen molar-refractivity contribution in [1.82, 2.24) is 20.0 Å². The quantitative estimate of drug-likeness (QED) is 0.767. The summed E-state index contributed by atoms with van der Waals surface area (Å²) in [5, 5.41) is 19.3. The Morgan fingerprint density at radius 3 is 2.62 bits per heavy atom. The molecule has 162 valence electrons. The summed E-state index contributed by atoms with van der Waals surface area (Å²) in [6.07, 6.45) is 12.6. The van der Waals surface area contributed by atoms with E-state index in [-0.39, 0.29) is 5.91 Å². The third-order valence-corrected chi connectivity index (χ3v) is 7.13. The lowest BCUT2D eigenvalue weighted by atomic mass is 9.84. The van der Waals surface area contributed by atoms with Gasteiger partial charge in [0.2, 0.25) is 0 Å². The Kier molecular flexibility index (Phi) is 6.60. The van der Waals surface area contributed by atoms with Crippen molar-refractivity contribution >= 4 is 5.91 Å². The van der Waals surface area contributed by atoms with Crippen LogP contribution >= 0.6 is 0 Å². The molecule has 2 fully saturated rings. The number of hydrogen-bond donors (Lipinski definition) is 2. The van der Waals surface area contributed by atoms with E-state index in [9.17, 15) is 9.90 Å². The number of aliphatic hydroxyl groups is 1. The Bertz CT molecular complexity index is 702. The molecule has 2 heterocycles. The maximum Gasteiger partial charge on any atom is 0.274 e. The van der Waals surface area contributed by atoms with E-state index in [0.29, 0.717) is 18.3 Å². The molecule has 6 heteroatoms. The molecule has 0 radical (unpaired) electrons. The van der Waals surface area contributed by atoms with Crippen LogP contribution in [0.4, 0.5) is 0 Å².